The van der Waals surface area contributed by atoms with Crippen LogP contribution in [-0.4, -0.2) is 4.98 Å². The van der Waals surface area contributed by atoms with E-state index in [0.29, 0.717) is 16.8 Å². The molecular formula is C23H18ClF3N2. The summed E-state index contributed by atoms with van der Waals surface area (Å²) in [7, 11) is 0. The van der Waals surface area contributed by atoms with Gasteiger partial charge in [0.05, 0.1) is 22.5 Å². The number of aryl methyl sites for hydroxylation is 1. The van der Waals surface area contributed by atoms with Crippen molar-refractivity contribution in [3.63, 3.8) is 0 Å². The average Bonchev–Trinajstić information content (AvgIpc) is 2.69. The van der Waals surface area contributed by atoms with Crippen molar-refractivity contribution >= 4 is 34.7 Å². The average molecular weight is 415 g/mol. The molecule has 0 saturated carbocycles. The van der Waals surface area contributed by atoms with Gasteiger partial charge in [-0.2, -0.15) is 13.2 Å². The van der Waals surface area contributed by atoms with E-state index in [2.05, 4.69) is 10.3 Å². The van der Waals surface area contributed by atoms with Crippen molar-refractivity contribution in [3.05, 3.63) is 90.0 Å². The molecule has 0 unspecified atom stereocenters. The van der Waals surface area contributed by atoms with Gasteiger partial charge < -0.3 is 5.32 Å². The van der Waals surface area contributed by atoms with Gasteiger partial charge in [0.25, 0.3) is 0 Å². The van der Waals surface area contributed by atoms with Gasteiger partial charge >= 0.3 is 6.18 Å². The maximum atomic E-state index is 13.1. The molecular weight excluding hydrogens is 397 g/mol. The first-order valence-corrected chi connectivity index (χ1v) is 8.81. The fraction of sp³-hybridized carbons (Fsp3) is 0.0870. The van der Waals surface area contributed by atoms with E-state index < -0.39 is 11.7 Å². The van der Waals surface area contributed by atoms with E-state index in [-0.39, 0.29) is 12.4 Å². The van der Waals surface area contributed by atoms with Gasteiger partial charge in [0, 0.05) is 16.6 Å². The third-order valence-electron chi connectivity index (χ3n) is 4.53. The molecule has 29 heavy (non-hydrogen) atoms. The lowest BCUT2D eigenvalue weighted by Crippen LogP contribution is -2.04. The van der Waals surface area contributed by atoms with Crippen molar-refractivity contribution in [1.29, 1.82) is 0 Å². The Labute approximate surface area is 172 Å². The highest BCUT2D eigenvalue weighted by Crippen LogP contribution is 2.34. The predicted molar refractivity (Wildman–Crippen MR) is 114 cm³/mol. The number of aromatic nitrogens is 1. The molecule has 1 aromatic heterocycles. The Morgan fingerprint density at radius 2 is 1.55 bits per heavy atom. The Kier molecular flexibility index (Phi) is 5.80. The quantitative estimate of drug-likeness (QED) is 0.378. The number of nitrogens with zero attached hydrogens (tertiary/aromatic N) is 1. The van der Waals surface area contributed by atoms with Crippen LogP contribution in [0.5, 0.6) is 0 Å². The number of pyridine rings is 1. The van der Waals surface area contributed by atoms with Gasteiger partial charge in [-0.05, 0) is 43.3 Å². The minimum absolute atomic E-state index is 0. The number of anilines is 2. The molecule has 0 atom stereocenters. The third kappa shape index (κ3) is 4.51. The van der Waals surface area contributed by atoms with Crippen molar-refractivity contribution < 1.29 is 13.2 Å². The molecule has 3 aromatic carbocycles. The second-order valence-corrected chi connectivity index (χ2v) is 6.64. The zero-order valence-corrected chi connectivity index (χ0v) is 16.3. The summed E-state index contributed by atoms with van der Waals surface area (Å²) in [5, 5.41) is 4.27. The zero-order chi connectivity index (χ0) is 19.7. The molecule has 0 amide bonds. The van der Waals surface area contributed by atoms with Crippen LogP contribution in [0.2, 0.25) is 0 Å². The molecule has 0 aliphatic heterocycles. The summed E-state index contributed by atoms with van der Waals surface area (Å²) in [5.74, 6) is 0. The lowest BCUT2D eigenvalue weighted by molar-refractivity contribution is -0.137. The Balaban J connectivity index is 0.00000240. The van der Waals surface area contributed by atoms with Crippen LogP contribution >= 0.6 is 12.4 Å². The topological polar surface area (TPSA) is 24.9 Å². The smallest absolute Gasteiger partial charge is 0.355 e. The Morgan fingerprint density at radius 3 is 2.28 bits per heavy atom. The maximum absolute atomic E-state index is 13.1. The normalized spacial score (nSPS) is 11.2. The molecule has 0 bridgehead atoms. The van der Waals surface area contributed by atoms with E-state index in [1.54, 1.807) is 12.1 Å². The van der Waals surface area contributed by atoms with Gasteiger partial charge in [0.1, 0.15) is 0 Å². The van der Waals surface area contributed by atoms with E-state index in [1.165, 1.54) is 6.07 Å². The van der Waals surface area contributed by atoms with Crippen LogP contribution in [0.25, 0.3) is 22.2 Å². The van der Waals surface area contributed by atoms with Crippen molar-refractivity contribution in [3.8, 4) is 11.3 Å². The first-order chi connectivity index (χ1) is 13.4. The number of rotatable bonds is 3. The highest BCUT2D eigenvalue weighted by atomic mass is 35.5. The minimum atomic E-state index is -4.39. The summed E-state index contributed by atoms with van der Waals surface area (Å²) in [4.78, 5) is 4.58. The number of fused-ring (bicyclic) bond motifs is 1. The number of alkyl halides is 3. The highest BCUT2D eigenvalue weighted by Gasteiger charge is 2.30. The van der Waals surface area contributed by atoms with E-state index in [4.69, 9.17) is 0 Å². The SMILES string of the molecule is Cc1ccc(Nc2cc(-c3cccc(C(F)(F)F)c3)nc3ccccc23)cc1.Cl. The number of benzene rings is 3. The molecule has 1 heterocycles. The second kappa shape index (κ2) is 8.13. The van der Waals surface area contributed by atoms with Crippen molar-refractivity contribution in [2.75, 3.05) is 5.32 Å². The molecule has 0 spiro atoms. The minimum Gasteiger partial charge on any atom is -0.355 e. The molecule has 0 fully saturated rings. The Morgan fingerprint density at radius 1 is 0.828 bits per heavy atom. The van der Waals surface area contributed by atoms with Gasteiger partial charge in [-0.15, -0.1) is 12.4 Å². The lowest BCUT2D eigenvalue weighted by Gasteiger charge is -2.13. The Bertz CT molecular complexity index is 1140. The van der Waals surface area contributed by atoms with E-state index in [0.717, 1.165) is 34.5 Å². The molecule has 4 aromatic rings. The monoisotopic (exact) mass is 414 g/mol. The van der Waals surface area contributed by atoms with Crippen molar-refractivity contribution in [2.45, 2.75) is 13.1 Å². The first kappa shape index (κ1) is 20.7. The lowest BCUT2D eigenvalue weighted by atomic mass is 10.0. The molecule has 0 aliphatic rings. The molecule has 0 saturated heterocycles. The molecule has 0 radical (unpaired) electrons. The van der Waals surface area contributed by atoms with Crippen LogP contribution in [0.1, 0.15) is 11.1 Å². The van der Waals surface area contributed by atoms with Crippen LogP contribution in [0.4, 0.5) is 24.5 Å². The molecule has 4 rings (SSSR count). The maximum Gasteiger partial charge on any atom is 0.416 e. The largest absolute Gasteiger partial charge is 0.416 e. The molecule has 6 heteroatoms. The predicted octanol–water partition coefficient (Wildman–Crippen LogP) is 7.39. The summed E-state index contributed by atoms with van der Waals surface area (Å²) in [6, 6.07) is 22.5. The summed E-state index contributed by atoms with van der Waals surface area (Å²) in [6.45, 7) is 2.01. The molecule has 0 aliphatic carbocycles. The fourth-order valence-corrected chi connectivity index (χ4v) is 3.07. The summed E-state index contributed by atoms with van der Waals surface area (Å²) in [6.07, 6.45) is -4.39. The van der Waals surface area contributed by atoms with E-state index in [1.807, 2.05) is 55.5 Å². The number of nitrogens with one attached hydrogen (secondary N) is 1. The Hall–Kier alpha value is -3.05. The number of halogens is 4. The van der Waals surface area contributed by atoms with Crippen LogP contribution in [0.15, 0.2) is 78.9 Å². The van der Waals surface area contributed by atoms with Gasteiger partial charge in [0.15, 0.2) is 0 Å². The zero-order valence-electron chi connectivity index (χ0n) is 15.5. The van der Waals surface area contributed by atoms with Crippen LogP contribution in [0, 0.1) is 6.92 Å². The van der Waals surface area contributed by atoms with Gasteiger partial charge in [-0.3, -0.25) is 0 Å². The molecule has 2 nitrogen and oxygen atoms in total. The number of hydrogen-bond acceptors (Lipinski definition) is 2. The number of para-hydroxylation sites is 1. The van der Waals surface area contributed by atoms with E-state index in [9.17, 15) is 13.2 Å². The van der Waals surface area contributed by atoms with Crippen LogP contribution in [0.3, 0.4) is 0 Å². The second-order valence-electron chi connectivity index (χ2n) is 6.64. The molecule has 148 valence electrons. The summed E-state index contributed by atoms with van der Waals surface area (Å²) >= 11 is 0. The highest BCUT2D eigenvalue weighted by molar-refractivity contribution is 5.95. The number of hydrogen-bond donors (Lipinski definition) is 1. The van der Waals surface area contributed by atoms with Gasteiger partial charge in [0.2, 0.25) is 0 Å². The van der Waals surface area contributed by atoms with Crippen LogP contribution < -0.4 is 5.32 Å². The first-order valence-electron chi connectivity index (χ1n) is 8.81. The third-order valence-corrected chi connectivity index (χ3v) is 4.53. The van der Waals surface area contributed by atoms with Gasteiger partial charge in [-0.1, -0.05) is 48.0 Å². The summed E-state index contributed by atoms with van der Waals surface area (Å²) < 4.78 is 39.3. The van der Waals surface area contributed by atoms with Gasteiger partial charge in [-0.25, -0.2) is 4.98 Å². The van der Waals surface area contributed by atoms with Crippen molar-refractivity contribution in [2.24, 2.45) is 0 Å². The van der Waals surface area contributed by atoms with E-state index >= 15 is 0 Å². The standard InChI is InChI=1S/C23H17F3N2.ClH/c1-15-9-11-18(12-10-15)27-22-14-21(28-20-8-3-2-7-19(20)22)16-5-4-6-17(13-16)23(24,25)26;/h2-14H,1H3,(H,27,28);1H. The fourth-order valence-electron chi connectivity index (χ4n) is 3.07. The van der Waals surface area contributed by atoms with Crippen molar-refractivity contribution in [1.82, 2.24) is 4.98 Å². The molecule has 1 N–H and O–H groups in total. The van der Waals surface area contributed by atoms with Crippen LogP contribution in [-0.2, 0) is 6.18 Å². The summed E-state index contributed by atoms with van der Waals surface area (Å²) in [5.41, 5.74) is 3.78.